The van der Waals surface area contributed by atoms with Crippen molar-refractivity contribution in [1.82, 2.24) is 9.21 Å². The van der Waals surface area contributed by atoms with Crippen LogP contribution in [0.25, 0.3) is 0 Å². The van der Waals surface area contributed by atoms with Gasteiger partial charge in [0, 0.05) is 31.7 Å². The highest BCUT2D eigenvalue weighted by atomic mass is 32.2. The molecule has 0 aromatic heterocycles. The number of aliphatic hydroxyl groups excluding tert-OH is 1. The second-order valence-corrected chi connectivity index (χ2v) is 9.57. The van der Waals surface area contributed by atoms with Gasteiger partial charge in [-0.15, -0.1) is 0 Å². The number of ether oxygens (including phenoxy) is 1. The Morgan fingerprint density at radius 1 is 1.07 bits per heavy atom. The highest BCUT2D eigenvalue weighted by Gasteiger charge is 2.27. The van der Waals surface area contributed by atoms with Gasteiger partial charge < -0.3 is 9.84 Å². The van der Waals surface area contributed by atoms with E-state index in [0.717, 1.165) is 5.56 Å². The molecular weight excluding hydrogens is 407 g/mol. The molecule has 30 heavy (non-hydrogen) atoms. The second-order valence-electron chi connectivity index (χ2n) is 7.63. The van der Waals surface area contributed by atoms with Crippen molar-refractivity contribution >= 4 is 10.0 Å². The van der Waals surface area contributed by atoms with Gasteiger partial charge in [0.15, 0.2) is 0 Å². The van der Waals surface area contributed by atoms with Crippen LogP contribution in [0.15, 0.2) is 53.4 Å². The molecule has 3 rings (SSSR count). The molecule has 0 aliphatic carbocycles. The van der Waals surface area contributed by atoms with Gasteiger partial charge in [0.25, 0.3) is 0 Å². The first-order valence-corrected chi connectivity index (χ1v) is 11.6. The first kappa shape index (κ1) is 22.8. The van der Waals surface area contributed by atoms with Crippen LogP contribution in [0.2, 0.25) is 0 Å². The van der Waals surface area contributed by atoms with Crippen molar-refractivity contribution in [2.45, 2.75) is 31.0 Å². The summed E-state index contributed by atoms with van der Waals surface area (Å²) in [5.41, 5.74) is 1.47. The summed E-state index contributed by atoms with van der Waals surface area (Å²) in [5.74, 6) is -0.325. The molecule has 8 heteroatoms. The van der Waals surface area contributed by atoms with Crippen LogP contribution in [-0.2, 0) is 21.4 Å². The van der Waals surface area contributed by atoms with Crippen molar-refractivity contribution in [3.8, 4) is 0 Å². The number of β-amino-alcohol motifs (C(OH)–C–C–N with tert-alkyl or cyclic N) is 1. The molecule has 1 heterocycles. The number of hydrogen-bond acceptors (Lipinski definition) is 5. The average molecular weight is 437 g/mol. The Bertz CT molecular complexity index is 921. The van der Waals surface area contributed by atoms with Crippen LogP contribution < -0.4 is 0 Å². The summed E-state index contributed by atoms with van der Waals surface area (Å²) < 4.78 is 46.4. The van der Waals surface area contributed by atoms with E-state index in [1.54, 1.807) is 42.5 Å². The van der Waals surface area contributed by atoms with Crippen molar-refractivity contribution in [2.75, 3.05) is 39.3 Å². The van der Waals surface area contributed by atoms with Gasteiger partial charge in [0.05, 0.1) is 24.2 Å². The summed E-state index contributed by atoms with van der Waals surface area (Å²) in [6.07, 6.45) is -0.0366. The summed E-state index contributed by atoms with van der Waals surface area (Å²) in [5, 5.41) is 10.3. The maximum absolute atomic E-state index is 13.6. The minimum atomic E-state index is -3.52. The molecule has 164 valence electrons. The normalized spacial score (nSPS) is 17.6. The van der Waals surface area contributed by atoms with E-state index in [1.807, 2.05) is 11.8 Å². The number of nitrogens with zero attached hydrogens (tertiary/aromatic N) is 2. The monoisotopic (exact) mass is 436 g/mol. The number of aryl methyl sites for hydroxylation is 1. The van der Waals surface area contributed by atoms with Gasteiger partial charge in [-0.2, -0.15) is 4.31 Å². The Balaban J connectivity index is 1.47. The SMILES string of the molecule is Cc1ccc(S(=O)(=O)N2CCCN(CC(O)COCc3ccccc3F)CC2)cc1. The molecule has 1 aliphatic rings. The van der Waals surface area contributed by atoms with Crippen LogP contribution >= 0.6 is 0 Å². The molecule has 0 radical (unpaired) electrons. The molecule has 1 saturated heterocycles. The molecular formula is C22H29FN2O4S. The van der Waals surface area contributed by atoms with Gasteiger partial charge in [-0.3, -0.25) is 4.90 Å². The zero-order chi connectivity index (χ0) is 21.6. The van der Waals surface area contributed by atoms with Crippen molar-refractivity contribution in [1.29, 1.82) is 0 Å². The number of benzene rings is 2. The van der Waals surface area contributed by atoms with E-state index in [4.69, 9.17) is 4.74 Å². The van der Waals surface area contributed by atoms with Crippen LogP contribution in [0.4, 0.5) is 4.39 Å². The van der Waals surface area contributed by atoms with Crippen LogP contribution in [0.1, 0.15) is 17.5 Å². The van der Waals surface area contributed by atoms with E-state index in [1.165, 1.54) is 10.4 Å². The zero-order valence-corrected chi connectivity index (χ0v) is 18.0. The van der Waals surface area contributed by atoms with E-state index < -0.39 is 16.1 Å². The molecule has 2 aromatic rings. The van der Waals surface area contributed by atoms with Crippen molar-refractivity contribution in [2.24, 2.45) is 0 Å². The fourth-order valence-electron chi connectivity index (χ4n) is 3.50. The quantitative estimate of drug-likeness (QED) is 0.688. The first-order valence-electron chi connectivity index (χ1n) is 10.1. The Labute approximate surface area is 177 Å². The predicted molar refractivity (Wildman–Crippen MR) is 113 cm³/mol. The fourth-order valence-corrected chi connectivity index (χ4v) is 4.97. The van der Waals surface area contributed by atoms with Gasteiger partial charge in [0.2, 0.25) is 10.0 Å². The molecule has 2 aromatic carbocycles. The minimum Gasteiger partial charge on any atom is -0.389 e. The molecule has 1 N–H and O–H groups in total. The maximum atomic E-state index is 13.6. The molecule has 1 fully saturated rings. The average Bonchev–Trinajstić information content (AvgIpc) is 2.96. The van der Waals surface area contributed by atoms with Crippen LogP contribution in [0.3, 0.4) is 0 Å². The maximum Gasteiger partial charge on any atom is 0.243 e. The standard InChI is InChI=1S/C22H29FN2O4S/c1-18-7-9-21(10-8-18)30(27,28)25-12-4-11-24(13-14-25)15-20(26)17-29-16-19-5-2-3-6-22(19)23/h2-3,5-10,20,26H,4,11-17H2,1H3. The molecule has 1 unspecified atom stereocenters. The lowest BCUT2D eigenvalue weighted by Gasteiger charge is -2.24. The van der Waals surface area contributed by atoms with Gasteiger partial charge >= 0.3 is 0 Å². The third kappa shape index (κ3) is 6.09. The molecule has 1 aliphatic heterocycles. The topological polar surface area (TPSA) is 70.1 Å². The fraction of sp³-hybridized carbons (Fsp3) is 0.455. The number of aliphatic hydroxyl groups is 1. The van der Waals surface area contributed by atoms with Crippen molar-refractivity contribution in [3.05, 3.63) is 65.5 Å². The van der Waals surface area contributed by atoms with Crippen LogP contribution in [0, 0.1) is 12.7 Å². The summed E-state index contributed by atoms with van der Waals surface area (Å²) in [6, 6.07) is 13.3. The molecule has 0 saturated carbocycles. The predicted octanol–water partition coefficient (Wildman–Crippen LogP) is 2.41. The highest BCUT2D eigenvalue weighted by molar-refractivity contribution is 7.89. The smallest absolute Gasteiger partial charge is 0.243 e. The molecule has 6 nitrogen and oxygen atoms in total. The summed E-state index contributed by atoms with van der Waals surface area (Å²) >= 11 is 0. The number of halogens is 1. The Kier molecular flexibility index (Phi) is 7.96. The molecule has 0 bridgehead atoms. The highest BCUT2D eigenvalue weighted by Crippen LogP contribution is 2.18. The number of sulfonamides is 1. The lowest BCUT2D eigenvalue weighted by molar-refractivity contribution is 0.00994. The number of rotatable bonds is 8. The van der Waals surface area contributed by atoms with Crippen LogP contribution in [0.5, 0.6) is 0 Å². The van der Waals surface area contributed by atoms with Crippen molar-refractivity contribution in [3.63, 3.8) is 0 Å². The van der Waals surface area contributed by atoms with Crippen molar-refractivity contribution < 1.29 is 22.7 Å². The summed E-state index contributed by atoms with van der Waals surface area (Å²) in [6.45, 7) is 4.56. The van der Waals surface area contributed by atoms with E-state index in [-0.39, 0.29) is 19.0 Å². The summed E-state index contributed by atoms with van der Waals surface area (Å²) in [4.78, 5) is 2.35. The third-order valence-corrected chi connectivity index (χ3v) is 7.11. The van der Waals surface area contributed by atoms with Gasteiger partial charge in [-0.1, -0.05) is 35.9 Å². The number of hydrogen-bond donors (Lipinski definition) is 1. The second kappa shape index (κ2) is 10.5. The zero-order valence-electron chi connectivity index (χ0n) is 17.2. The van der Waals surface area contributed by atoms with E-state index >= 15 is 0 Å². The summed E-state index contributed by atoms with van der Waals surface area (Å²) in [7, 11) is -3.52. The van der Waals surface area contributed by atoms with Gasteiger partial charge in [-0.05, 0) is 38.1 Å². The molecule has 0 spiro atoms. The molecule has 1 atom stereocenters. The van der Waals surface area contributed by atoms with E-state index in [2.05, 4.69) is 0 Å². The van der Waals surface area contributed by atoms with E-state index in [0.29, 0.717) is 49.6 Å². The first-order chi connectivity index (χ1) is 14.4. The van der Waals surface area contributed by atoms with E-state index in [9.17, 15) is 17.9 Å². The largest absolute Gasteiger partial charge is 0.389 e. The van der Waals surface area contributed by atoms with Gasteiger partial charge in [-0.25, -0.2) is 12.8 Å². The molecule has 0 amide bonds. The Hall–Kier alpha value is -1.84. The van der Waals surface area contributed by atoms with Gasteiger partial charge in [0.1, 0.15) is 5.82 Å². The Morgan fingerprint density at radius 3 is 2.53 bits per heavy atom. The lowest BCUT2D eigenvalue weighted by Crippen LogP contribution is -2.38. The third-order valence-electron chi connectivity index (χ3n) is 5.20. The Morgan fingerprint density at radius 2 is 1.80 bits per heavy atom. The van der Waals surface area contributed by atoms with Crippen LogP contribution in [-0.4, -0.2) is 68.2 Å². The lowest BCUT2D eigenvalue weighted by atomic mass is 10.2. The minimum absolute atomic E-state index is 0.0935.